The number of benzene rings is 1. The van der Waals surface area contributed by atoms with Crippen molar-refractivity contribution < 1.29 is 0 Å². The highest BCUT2D eigenvalue weighted by Crippen LogP contribution is 2.09. The zero-order chi connectivity index (χ0) is 11.2. The Balaban J connectivity index is 0.00000144. The molecule has 3 heteroatoms. The number of halogens is 1. The van der Waals surface area contributed by atoms with Crippen LogP contribution in [0, 0.1) is 0 Å². The first kappa shape index (κ1) is 14.5. The van der Waals surface area contributed by atoms with Crippen LogP contribution in [0.5, 0.6) is 0 Å². The van der Waals surface area contributed by atoms with Gasteiger partial charge in [0, 0.05) is 19.6 Å². The highest BCUT2D eigenvalue weighted by atomic mass is 35.5. The van der Waals surface area contributed by atoms with Crippen LogP contribution in [0.4, 0.5) is 0 Å². The van der Waals surface area contributed by atoms with E-state index in [9.17, 15) is 0 Å². The minimum absolute atomic E-state index is 0. The Morgan fingerprint density at radius 1 is 1.06 bits per heavy atom. The summed E-state index contributed by atoms with van der Waals surface area (Å²) in [6, 6.07) is 9.06. The highest BCUT2D eigenvalue weighted by Gasteiger charge is 2.08. The maximum absolute atomic E-state index is 3.44. The van der Waals surface area contributed by atoms with E-state index in [0.29, 0.717) is 0 Å². The molecule has 1 N–H and O–H groups in total. The normalized spacial score (nSPS) is 17.2. The van der Waals surface area contributed by atoms with Crippen LogP contribution in [0.2, 0.25) is 0 Å². The SMILES string of the molecule is CCc1ccc(CN2CCCNCC2)cc1.Cl. The Bertz CT molecular complexity index is 303. The molecule has 17 heavy (non-hydrogen) atoms. The van der Waals surface area contributed by atoms with Crippen molar-refractivity contribution in [2.45, 2.75) is 26.3 Å². The van der Waals surface area contributed by atoms with Crippen molar-refractivity contribution in [2.75, 3.05) is 26.2 Å². The lowest BCUT2D eigenvalue weighted by Gasteiger charge is -2.19. The molecule has 1 saturated heterocycles. The Kier molecular flexibility index (Phi) is 6.56. The molecule has 1 heterocycles. The van der Waals surface area contributed by atoms with Gasteiger partial charge >= 0.3 is 0 Å². The molecule has 0 saturated carbocycles. The van der Waals surface area contributed by atoms with Crippen LogP contribution in [0.15, 0.2) is 24.3 Å². The van der Waals surface area contributed by atoms with Gasteiger partial charge in [0.25, 0.3) is 0 Å². The van der Waals surface area contributed by atoms with Crippen molar-refractivity contribution in [3.8, 4) is 0 Å². The summed E-state index contributed by atoms with van der Waals surface area (Å²) in [5, 5.41) is 3.44. The maximum Gasteiger partial charge on any atom is 0.0234 e. The van der Waals surface area contributed by atoms with Crippen molar-refractivity contribution in [1.82, 2.24) is 10.2 Å². The van der Waals surface area contributed by atoms with E-state index in [-0.39, 0.29) is 12.4 Å². The molecule has 0 amide bonds. The summed E-state index contributed by atoms with van der Waals surface area (Å²) in [6.07, 6.45) is 2.40. The molecule has 96 valence electrons. The van der Waals surface area contributed by atoms with Gasteiger partial charge in [0.05, 0.1) is 0 Å². The van der Waals surface area contributed by atoms with Gasteiger partial charge in [-0.05, 0) is 37.1 Å². The lowest BCUT2D eigenvalue weighted by Crippen LogP contribution is -2.27. The third-order valence-electron chi connectivity index (χ3n) is 3.27. The molecule has 1 aromatic carbocycles. The van der Waals surface area contributed by atoms with Crippen molar-refractivity contribution in [1.29, 1.82) is 0 Å². The summed E-state index contributed by atoms with van der Waals surface area (Å²) in [7, 11) is 0. The summed E-state index contributed by atoms with van der Waals surface area (Å²) in [6.45, 7) is 8.01. The molecular weight excluding hydrogens is 232 g/mol. The lowest BCUT2D eigenvalue weighted by molar-refractivity contribution is 0.284. The van der Waals surface area contributed by atoms with E-state index in [0.717, 1.165) is 19.5 Å². The van der Waals surface area contributed by atoms with E-state index >= 15 is 0 Å². The first-order valence-corrected chi connectivity index (χ1v) is 6.39. The van der Waals surface area contributed by atoms with Crippen LogP contribution in [0.3, 0.4) is 0 Å². The van der Waals surface area contributed by atoms with Gasteiger partial charge in [-0.25, -0.2) is 0 Å². The molecule has 1 aliphatic rings. The minimum Gasteiger partial charge on any atom is -0.315 e. The van der Waals surface area contributed by atoms with Crippen molar-refractivity contribution >= 4 is 12.4 Å². The van der Waals surface area contributed by atoms with Crippen LogP contribution in [0.1, 0.15) is 24.5 Å². The van der Waals surface area contributed by atoms with Gasteiger partial charge in [-0.1, -0.05) is 31.2 Å². The molecule has 0 bridgehead atoms. The van der Waals surface area contributed by atoms with Gasteiger partial charge in [-0.2, -0.15) is 0 Å². The second kappa shape index (κ2) is 7.70. The first-order valence-electron chi connectivity index (χ1n) is 6.39. The predicted octanol–water partition coefficient (Wildman–Crippen LogP) is 2.47. The molecule has 0 unspecified atom stereocenters. The Hall–Kier alpha value is -0.570. The van der Waals surface area contributed by atoms with Crippen LogP contribution >= 0.6 is 12.4 Å². The molecule has 0 spiro atoms. The second-order valence-corrected chi connectivity index (χ2v) is 4.55. The topological polar surface area (TPSA) is 15.3 Å². The number of hydrogen-bond donors (Lipinski definition) is 1. The van der Waals surface area contributed by atoms with Gasteiger partial charge in [0.15, 0.2) is 0 Å². The summed E-state index contributed by atoms with van der Waals surface area (Å²) in [5.41, 5.74) is 2.88. The zero-order valence-corrected chi connectivity index (χ0v) is 11.4. The molecule has 2 rings (SSSR count). The summed E-state index contributed by atoms with van der Waals surface area (Å²) in [4.78, 5) is 2.54. The zero-order valence-electron chi connectivity index (χ0n) is 10.6. The van der Waals surface area contributed by atoms with Gasteiger partial charge in [0.1, 0.15) is 0 Å². The van der Waals surface area contributed by atoms with Crippen LogP contribution in [0.25, 0.3) is 0 Å². The largest absolute Gasteiger partial charge is 0.315 e. The molecule has 1 fully saturated rings. The molecule has 0 aliphatic carbocycles. The number of rotatable bonds is 3. The molecule has 1 aliphatic heterocycles. The summed E-state index contributed by atoms with van der Waals surface area (Å²) < 4.78 is 0. The predicted molar refractivity (Wildman–Crippen MR) is 75.8 cm³/mol. The smallest absolute Gasteiger partial charge is 0.0234 e. The number of aryl methyl sites for hydroxylation is 1. The van der Waals surface area contributed by atoms with Crippen LogP contribution < -0.4 is 5.32 Å². The fraction of sp³-hybridized carbons (Fsp3) is 0.571. The van der Waals surface area contributed by atoms with E-state index in [1.165, 1.54) is 37.2 Å². The van der Waals surface area contributed by atoms with E-state index in [1.54, 1.807) is 0 Å². The Morgan fingerprint density at radius 2 is 1.76 bits per heavy atom. The van der Waals surface area contributed by atoms with Gasteiger partial charge in [0.2, 0.25) is 0 Å². The van der Waals surface area contributed by atoms with Crippen molar-refractivity contribution in [3.63, 3.8) is 0 Å². The fourth-order valence-corrected chi connectivity index (χ4v) is 2.20. The average molecular weight is 255 g/mol. The van der Waals surface area contributed by atoms with Gasteiger partial charge in [-0.15, -0.1) is 12.4 Å². The maximum atomic E-state index is 3.44. The monoisotopic (exact) mass is 254 g/mol. The molecular formula is C14H23ClN2. The van der Waals surface area contributed by atoms with E-state index in [2.05, 4.69) is 41.4 Å². The third-order valence-corrected chi connectivity index (χ3v) is 3.27. The average Bonchev–Trinajstić information content (AvgIpc) is 2.59. The molecule has 0 atom stereocenters. The van der Waals surface area contributed by atoms with E-state index in [1.807, 2.05) is 0 Å². The number of nitrogens with zero attached hydrogens (tertiary/aromatic N) is 1. The van der Waals surface area contributed by atoms with Crippen LogP contribution in [-0.4, -0.2) is 31.1 Å². The minimum atomic E-state index is 0. The molecule has 0 radical (unpaired) electrons. The van der Waals surface area contributed by atoms with Crippen LogP contribution in [-0.2, 0) is 13.0 Å². The number of nitrogens with one attached hydrogen (secondary N) is 1. The van der Waals surface area contributed by atoms with Crippen molar-refractivity contribution in [3.05, 3.63) is 35.4 Å². The summed E-state index contributed by atoms with van der Waals surface area (Å²) in [5.74, 6) is 0. The standard InChI is InChI=1S/C14H22N2.ClH/c1-2-13-4-6-14(7-5-13)12-16-10-3-8-15-9-11-16;/h4-7,15H,2-3,8-12H2,1H3;1H. The second-order valence-electron chi connectivity index (χ2n) is 4.55. The first-order chi connectivity index (χ1) is 7.88. The van der Waals surface area contributed by atoms with Gasteiger partial charge in [-0.3, -0.25) is 4.90 Å². The molecule has 0 aromatic heterocycles. The molecule has 1 aromatic rings. The van der Waals surface area contributed by atoms with E-state index < -0.39 is 0 Å². The van der Waals surface area contributed by atoms with E-state index in [4.69, 9.17) is 0 Å². The third kappa shape index (κ3) is 4.66. The summed E-state index contributed by atoms with van der Waals surface area (Å²) >= 11 is 0. The quantitative estimate of drug-likeness (QED) is 0.892. The lowest BCUT2D eigenvalue weighted by atomic mass is 10.1. The molecule has 2 nitrogen and oxygen atoms in total. The van der Waals surface area contributed by atoms with Crippen molar-refractivity contribution in [2.24, 2.45) is 0 Å². The highest BCUT2D eigenvalue weighted by molar-refractivity contribution is 5.85. The van der Waals surface area contributed by atoms with Gasteiger partial charge < -0.3 is 5.32 Å². The fourth-order valence-electron chi connectivity index (χ4n) is 2.20. The Morgan fingerprint density at radius 3 is 2.47 bits per heavy atom. The number of hydrogen-bond acceptors (Lipinski definition) is 2. The Labute approximate surface area is 111 Å².